The van der Waals surface area contributed by atoms with Crippen molar-refractivity contribution in [3.63, 3.8) is 0 Å². The third kappa shape index (κ3) is 4.53. The first kappa shape index (κ1) is 16.5. The predicted octanol–water partition coefficient (Wildman–Crippen LogP) is 2.57. The van der Waals surface area contributed by atoms with Gasteiger partial charge in [-0.25, -0.2) is 0 Å². The molecule has 0 aromatic heterocycles. The van der Waals surface area contributed by atoms with Crippen LogP contribution in [0.1, 0.15) is 44.4 Å². The minimum atomic E-state index is -0.234. The lowest BCUT2D eigenvalue weighted by molar-refractivity contribution is -0.122. The molecule has 1 aromatic carbocycles. The van der Waals surface area contributed by atoms with Crippen LogP contribution in [-0.2, 0) is 4.79 Å². The number of ether oxygens (including phenoxy) is 1. The molecular formula is C16H26N2O2. The maximum Gasteiger partial charge on any atom is 0.236 e. The van der Waals surface area contributed by atoms with Crippen molar-refractivity contribution in [1.29, 1.82) is 0 Å². The van der Waals surface area contributed by atoms with E-state index in [1.807, 2.05) is 39.8 Å². The molecule has 112 valence electrons. The number of methoxy groups -OCH3 is 1. The minimum absolute atomic E-state index is 0.0322. The second-order valence-electron chi connectivity index (χ2n) is 5.15. The summed E-state index contributed by atoms with van der Waals surface area (Å²) in [6, 6.07) is 5.92. The molecule has 0 aliphatic rings. The number of amides is 1. The lowest BCUT2D eigenvalue weighted by atomic mass is 10.0. The van der Waals surface area contributed by atoms with E-state index in [0.717, 1.165) is 23.3 Å². The molecule has 2 unspecified atom stereocenters. The van der Waals surface area contributed by atoms with Crippen molar-refractivity contribution in [3.8, 4) is 5.75 Å². The maximum atomic E-state index is 11.9. The Morgan fingerprint density at radius 2 is 2.05 bits per heavy atom. The molecule has 0 spiro atoms. The standard InChI is InChI=1S/C16H26N2O2/c1-6-9-17-16(19)13(4)18-12(3)14-8-7-11(2)10-15(14)20-5/h7-8,10,12-13,18H,6,9H2,1-5H3,(H,17,19). The van der Waals surface area contributed by atoms with Gasteiger partial charge in [0.1, 0.15) is 5.75 Å². The highest BCUT2D eigenvalue weighted by atomic mass is 16.5. The highest BCUT2D eigenvalue weighted by Crippen LogP contribution is 2.26. The number of rotatable bonds is 7. The van der Waals surface area contributed by atoms with E-state index in [1.165, 1.54) is 0 Å². The Morgan fingerprint density at radius 1 is 1.35 bits per heavy atom. The number of hydrogen-bond acceptors (Lipinski definition) is 3. The van der Waals surface area contributed by atoms with E-state index in [1.54, 1.807) is 7.11 Å². The summed E-state index contributed by atoms with van der Waals surface area (Å²) < 4.78 is 5.41. The molecule has 0 heterocycles. The SMILES string of the molecule is CCCNC(=O)C(C)NC(C)c1ccc(C)cc1OC. The van der Waals surface area contributed by atoms with Gasteiger partial charge in [0.2, 0.25) is 5.91 Å². The molecule has 20 heavy (non-hydrogen) atoms. The van der Waals surface area contributed by atoms with Gasteiger partial charge in [-0.05, 0) is 38.8 Å². The quantitative estimate of drug-likeness (QED) is 0.806. The van der Waals surface area contributed by atoms with Crippen LogP contribution >= 0.6 is 0 Å². The summed E-state index contributed by atoms with van der Waals surface area (Å²) in [5.41, 5.74) is 2.22. The molecule has 4 heteroatoms. The van der Waals surface area contributed by atoms with Crippen molar-refractivity contribution in [1.82, 2.24) is 10.6 Å². The van der Waals surface area contributed by atoms with Gasteiger partial charge in [0, 0.05) is 18.2 Å². The summed E-state index contributed by atoms with van der Waals surface area (Å²) in [5, 5.41) is 6.20. The Hall–Kier alpha value is -1.55. The van der Waals surface area contributed by atoms with Gasteiger partial charge in [-0.3, -0.25) is 10.1 Å². The summed E-state index contributed by atoms with van der Waals surface area (Å²) in [7, 11) is 1.67. The monoisotopic (exact) mass is 278 g/mol. The van der Waals surface area contributed by atoms with Gasteiger partial charge in [-0.2, -0.15) is 0 Å². The number of benzene rings is 1. The molecule has 1 amide bonds. The second kappa shape index (κ2) is 7.90. The number of carbonyl (C=O) groups excluding carboxylic acids is 1. The molecule has 0 aliphatic carbocycles. The van der Waals surface area contributed by atoms with Gasteiger partial charge >= 0.3 is 0 Å². The number of aryl methyl sites for hydroxylation is 1. The van der Waals surface area contributed by atoms with Gasteiger partial charge < -0.3 is 10.1 Å². The van der Waals surface area contributed by atoms with Crippen molar-refractivity contribution in [2.45, 2.75) is 46.2 Å². The Bertz CT molecular complexity index is 446. The summed E-state index contributed by atoms with van der Waals surface area (Å²) in [4.78, 5) is 11.9. The fourth-order valence-electron chi connectivity index (χ4n) is 2.12. The smallest absolute Gasteiger partial charge is 0.236 e. The normalized spacial score (nSPS) is 13.7. The summed E-state index contributed by atoms with van der Waals surface area (Å²) in [6.07, 6.45) is 0.944. The van der Waals surface area contributed by atoms with Crippen LogP contribution in [0.2, 0.25) is 0 Å². The Morgan fingerprint density at radius 3 is 2.65 bits per heavy atom. The van der Waals surface area contributed by atoms with Crippen LogP contribution in [0, 0.1) is 6.92 Å². The van der Waals surface area contributed by atoms with E-state index in [9.17, 15) is 4.79 Å². The predicted molar refractivity (Wildman–Crippen MR) is 82.0 cm³/mol. The lowest BCUT2D eigenvalue weighted by Crippen LogP contribution is -2.43. The zero-order valence-corrected chi connectivity index (χ0v) is 13.1. The van der Waals surface area contributed by atoms with Crippen molar-refractivity contribution in [3.05, 3.63) is 29.3 Å². The van der Waals surface area contributed by atoms with Crippen LogP contribution in [0.4, 0.5) is 0 Å². The van der Waals surface area contributed by atoms with Crippen molar-refractivity contribution >= 4 is 5.91 Å². The molecule has 0 bridgehead atoms. The Labute approximate surface area is 121 Å². The average Bonchev–Trinajstić information content (AvgIpc) is 2.44. The van der Waals surface area contributed by atoms with Crippen molar-refractivity contribution < 1.29 is 9.53 Å². The number of nitrogens with one attached hydrogen (secondary N) is 2. The zero-order chi connectivity index (χ0) is 15.1. The van der Waals surface area contributed by atoms with Gasteiger partial charge in [0.05, 0.1) is 13.2 Å². The molecule has 4 nitrogen and oxygen atoms in total. The third-order valence-electron chi connectivity index (χ3n) is 3.30. The maximum absolute atomic E-state index is 11.9. The van der Waals surface area contributed by atoms with Gasteiger partial charge in [-0.1, -0.05) is 19.1 Å². The highest BCUT2D eigenvalue weighted by Gasteiger charge is 2.18. The Balaban J connectivity index is 2.70. The van der Waals surface area contributed by atoms with Crippen molar-refractivity contribution in [2.75, 3.05) is 13.7 Å². The molecule has 0 fully saturated rings. The highest BCUT2D eigenvalue weighted by molar-refractivity contribution is 5.81. The Kier molecular flexibility index (Phi) is 6.52. The molecule has 0 aliphatic heterocycles. The van der Waals surface area contributed by atoms with E-state index in [0.29, 0.717) is 6.54 Å². The van der Waals surface area contributed by atoms with Crippen LogP contribution in [-0.4, -0.2) is 25.6 Å². The van der Waals surface area contributed by atoms with Crippen LogP contribution in [0.3, 0.4) is 0 Å². The van der Waals surface area contributed by atoms with Crippen LogP contribution in [0.25, 0.3) is 0 Å². The second-order valence-corrected chi connectivity index (χ2v) is 5.15. The first-order valence-electron chi connectivity index (χ1n) is 7.17. The van der Waals surface area contributed by atoms with Crippen molar-refractivity contribution in [2.24, 2.45) is 0 Å². The van der Waals surface area contributed by atoms with Gasteiger partial charge in [-0.15, -0.1) is 0 Å². The van der Waals surface area contributed by atoms with Crippen LogP contribution < -0.4 is 15.4 Å². The largest absolute Gasteiger partial charge is 0.496 e. The van der Waals surface area contributed by atoms with Gasteiger partial charge in [0.25, 0.3) is 0 Å². The summed E-state index contributed by atoms with van der Waals surface area (Å²) >= 11 is 0. The van der Waals surface area contributed by atoms with E-state index in [4.69, 9.17) is 4.74 Å². The van der Waals surface area contributed by atoms with Gasteiger partial charge in [0.15, 0.2) is 0 Å². The third-order valence-corrected chi connectivity index (χ3v) is 3.30. The molecule has 1 rings (SSSR count). The molecule has 0 radical (unpaired) electrons. The fourth-order valence-corrected chi connectivity index (χ4v) is 2.12. The summed E-state index contributed by atoms with van der Waals surface area (Å²) in [6.45, 7) is 8.70. The van der Waals surface area contributed by atoms with E-state index >= 15 is 0 Å². The molecule has 0 saturated heterocycles. The zero-order valence-electron chi connectivity index (χ0n) is 13.1. The topological polar surface area (TPSA) is 50.4 Å². The lowest BCUT2D eigenvalue weighted by Gasteiger charge is -2.21. The first-order valence-corrected chi connectivity index (χ1v) is 7.17. The number of hydrogen-bond donors (Lipinski definition) is 2. The molecule has 2 atom stereocenters. The summed E-state index contributed by atoms with van der Waals surface area (Å²) in [5.74, 6) is 0.885. The first-order chi connectivity index (χ1) is 9.49. The van der Waals surface area contributed by atoms with E-state index < -0.39 is 0 Å². The fraction of sp³-hybridized carbons (Fsp3) is 0.562. The molecule has 2 N–H and O–H groups in total. The van der Waals surface area contributed by atoms with Crippen LogP contribution in [0.5, 0.6) is 5.75 Å². The number of carbonyl (C=O) groups is 1. The molecule has 0 saturated carbocycles. The molecular weight excluding hydrogens is 252 g/mol. The van der Waals surface area contributed by atoms with E-state index in [2.05, 4.69) is 16.7 Å². The average molecular weight is 278 g/mol. The van der Waals surface area contributed by atoms with E-state index in [-0.39, 0.29) is 18.0 Å². The minimum Gasteiger partial charge on any atom is -0.496 e. The molecule has 1 aromatic rings. The van der Waals surface area contributed by atoms with Crippen LogP contribution in [0.15, 0.2) is 18.2 Å².